The zero-order chi connectivity index (χ0) is 17.0. The number of nitrogens with zero attached hydrogens (tertiary/aromatic N) is 2. The van der Waals surface area contributed by atoms with Gasteiger partial charge in [0.1, 0.15) is 5.72 Å². The molecule has 1 unspecified atom stereocenters. The second-order valence-electron chi connectivity index (χ2n) is 6.49. The summed E-state index contributed by atoms with van der Waals surface area (Å²) in [6, 6.07) is 20.9. The Morgan fingerprint density at radius 3 is 2.04 bits per heavy atom. The average Bonchev–Trinajstić information content (AvgIpc) is 2.59. The lowest BCUT2D eigenvalue weighted by atomic mass is 9.92. The van der Waals surface area contributed by atoms with Gasteiger partial charge in [-0.05, 0) is 29.3 Å². The van der Waals surface area contributed by atoms with Crippen molar-refractivity contribution < 1.29 is 5.11 Å². The molecular weight excluding hydrogens is 320 g/mol. The van der Waals surface area contributed by atoms with E-state index in [1.165, 1.54) is 11.1 Å². The zero-order valence-corrected chi connectivity index (χ0v) is 14.9. The van der Waals surface area contributed by atoms with Crippen LogP contribution in [-0.2, 0) is 0 Å². The fourth-order valence-electron chi connectivity index (χ4n) is 3.68. The van der Waals surface area contributed by atoms with Crippen LogP contribution in [0.3, 0.4) is 0 Å². The molecule has 1 heterocycles. The lowest BCUT2D eigenvalue weighted by Crippen LogP contribution is -2.61. The summed E-state index contributed by atoms with van der Waals surface area (Å²) >= 11 is 6.25. The van der Waals surface area contributed by atoms with Gasteiger partial charge in [0.05, 0.1) is 12.6 Å². The van der Waals surface area contributed by atoms with E-state index < -0.39 is 5.72 Å². The third-order valence-electron chi connectivity index (χ3n) is 4.74. The van der Waals surface area contributed by atoms with Crippen molar-refractivity contribution in [3.63, 3.8) is 0 Å². The SMILES string of the molecule is CCCC1(O)CN(Cl)CCN1C(c1ccccc1)c1ccccc1. The van der Waals surface area contributed by atoms with Gasteiger partial charge in [-0.15, -0.1) is 0 Å². The van der Waals surface area contributed by atoms with Crippen molar-refractivity contribution >= 4 is 11.8 Å². The van der Waals surface area contributed by atoms with Crippen molar-refractivity contribution in [3.8, 4) is 0 Å². The molecule has 1 saturated heterocycles. The van der Waals surface area contributed by atoms with Gasteiger partial charge >= 0.3 is 0 Å². The molecule has 0 aliphatic carbocycles. The average molecular weight is 345 g/mol. The highest BCUT2D eigenvalue weighted by Crippen LogP contribution is 2.37. The van der Waals surface area contributed by atoms with Gasteiger partial charge in [0.2, 0.25) is 0 Å². The minimum Gasteiger partial charge on any atom is -0.374 e. The van der Waals surface area contributed by atoms with E-state index in [0.29, 0.717) is 13.0 Å². The summed E-state index contributed by atoms with van der Waals surface area (Å²) < 4.78 is 1.71. The Balaban J connectivity index is 2.04. The molecule has 24 heavy (non-hydrogen) atoms. The number of benzene rings is 2. The van der Waals surface area contributed by atoms with Crippen molar-refractivity contribution in [2.75, 3.05) is 19.6 Å². The molecule has 0 radical (unpaired) electrons. The summed E-state index contributed by atoms with van der Waals surface area (Å²) in [5, 5.41) is 11.4. The normalized spacial score (nSPS) is 22.8. The summed E-state index contributed by atoms with van der Waals surface area (Å²) in [5.41, 5.74) is 1.47. The number of hydrogen-bond donors (Lipinski definition) is 1. The Morgan fingerprint density at radius 2 is 1.54 bits per heavy atom. The van der Waals surface area contributed by atoms with E-state index in [-0.39, 0.29) is 6.04 Å². The van der Waals surface area contributed by atoms with E-state index in [1.54, 1.807) is 4.42 Å². The van der Waals surface area contributed by atoms with Crippen LogP contribution in [-0.4, -0.2) is 39.8 Å². The summed E-state index contributed by atoms with van der Waals surface area (Å²) in [7, 11) is 0. The first-order valence-corrected chi connectivity index (χ1v) is 8.97. The topological polar surface area (TPSA) is 26.7 Å². The maximum Gasteiger partial charge on any atom is 0.133 e. The molecule has 1 N–H and O–H groups in total. The van der Waals surface area contributed by atoms with Crippen molar-refractivity contribution in [1.29, 1.82) is 0 Å². The lowest BCUT2D eigenvalue weighted by Gasteiger charge is -2.49. The first-order valence-electron chi connectivity index (χ1n) is 8.64. The van der Waals surface area contributed by atoms with E-state index in [2.05, 4.69) is 60.4 Å². The van der Waals surface area contributed by atoms with Gasteiger partial charge in [0.15, 0.2) is 0 Å². The molecule has 0 spiro atoms. The highest BCUT2D eigenvalue weighted by molar-refractivity contribution is 6.13. The van der Waals surface area contributed by atoms with Gasteiger partial charge in [-0.1, -0.05) is 74.0 Å². The summed E-state index contributed by atoms with van der Waals surface area (Å²) in [6.07, 6.45) is 1.61. The molecule has 1 fully saturated rings. The van der Waals surface area contributed by atoms with Crippen LogP contribution in [0.25, 0.3) is 0 Å². The van der Waals surface area contributed by atoms with Gasteiger partial charge in [-0.2, -0.15) is 0 Å². The number of hydrogen-bond acceptors (Lipinski definition) is 3. The Morgan fingerprint density at radius 1 is 1.00 bits per heavy atom. The van der Waals surface area contributed by atoms with Crippen LogP contribution < -0.4 is 0 Å². The fourth-order valence-corrected chi connectivity index (χ4v) is 3.95. The maximum absolute atomic E-state index is 11.4. The van der Waals surface area contributed by atoms with E-state index in [0.717, 1.165) is 19.5 Å². The van der Waals surface area contributed by atoms with Crippen LogP contribution in [0.2, 0.25) is 0 Å². The Bertz CT molecular complexity index is 597. The van der Waals surface area contributed by atoms with Crippen LogP contribution in [0, 0.1) is 0 Å². The molecule has 0 bridgehead atoms. The fraction of sp³-hybridized carbons (Fsp3) is 0.400. The molecule has 1 atom stereocenters. The van der Waals surface area contributed by atoms with Crippen LogP contribution in [0.5, 0.6) is 0 Å². The van der Waals surface area contributed by atoms with Gasteiger partial charge < -0.3 is 5.11 Å². The predicted molar refractivity (Wildman–Crippen MR) is 98.7 cm³/mol. The summed E-state index contributed by atoms with van der Waals surface area (Å²) in [6.45, 7) is 4.03. The number of piperazine rings is 1. The van der Waals surface area contributed by atoms with Gasteiger partial charge in [-0.3, -0.25) is 4.90 Å². The third-order valence-corrected chi connectivity index (χ3v) is 5.02. The smallest absolute Gasteiger partial charge is 0.133 e. The molecule has 4 heteroatoms. The Kier molecular flexibility index (Phi) is 5.57. The Hall–Kier alpha value is -1.39. The molecule has 0 saturated carbocycles. The second-order valence-corrected chi connectivity index (χ2v) is 6.97. The van der Waals surface area contributed by atoms with Crippen molar-refractivity contribution in [1.82, 2.24) is 9.32 Å². The minimum absolute atomic E-state index is 0.0225. The Labute approximate surface area is 149 Å². The third kappa shape index (κ3) is 3.65. The standard InChI is InChI=1S/C20H25ClN2O/c1-2-13-20(24)16-22(21)14-15-23(20)19(17-9-5-3-6-10-17)18-11-7-4-8-12-18/h3-12,19,24H,2,13-16H2,1H3. The van der Waals surface area contributed by atoms with Crippen LogP contribution >= 0.6 is 11.8 Å². The zero-order valence-electron chi connectivity index (χ0n) is 14.1. The van der Waals surface area contributed by atoms with E-state index in [1.807, 2.05) is 12.1 Å². The van der Waals surface area contributed by atoms with Crippen molar-refractivity contribution in [3.05, 3.63) is 71.8 Å². The number of aliphatic hydroxyl groups is 1. The van der Waals surface area contributed by atoms with Gasteiger partial charge in [-0.25, -0.2) is 4.42 Å². The maximum atomic E-state index is 11.4. The van der Waals surface area contributed by atoms with E-state index in [9.17, 15) is 5.11 Å². The summed E-state index contributed by atoms with van der Waals surface area (Å²) in [5.74, 6) is 0. The first kappa shape index (κ1) is 17.4. The number of β-amino-alcohol motifs (C(OH)–C–C–N with tert-alkyl or cyclic N) is 1. The van der Waals surface area contributed by atoms with Crippen molar-refractivity contribution in [2.45, 2.75) is 31.5 Å². The number of rotatable bonds is 5. The predicted octanol–water partition coefficient (Wildman–Crippen LogP) is 4.04. The molecule has 0 aromatic heterocycles. The molecule has 1 aliphatic heterocycles. The van der Waals surface area contributed by atoms with Crippen LogP contribution in [0.15, 0.2) is 60.7 Å². The number of halogens is 1. The van der Waals surface area contributed by atoms with E-state index >= 15 is 0 Å². The molecule has 0 amide bonds. The lowest BCUT2D eigenvalue weighted by molar-refractivity contribution is -0.156. The van der Waals surface area contributed by atoms with Gasteiger partial charge in [0.25, 0.3) is 0 Å². The van der Waals surface area contributed by atoms with Crippen molar-refractivity contribution in [2.24, 2.45) is 0 Å². The molecule has 2 aromatic rings. The molecule has 128 valence electrons. The molecular formula is C20H25ClN2O. The quantitative estimate of drug-likeness (QED) is 0.829. The highest BCUT2D eigenvalue weighted by atomic mass is 35.5. The molecule has 1 aliphatic rings. The molecule has 2 aromatic carbocycles. The van der Waals surface area contributed by atoms with Gasteiger partial charge in [0, 0.05) is 13.1 Å². The molecule has 3 rings (SSSR count). The second kappa shape index (κ2) is 7.66. The highest BCUT2D eigenvalue weighted by Gasteiger charge is 2.43. The monoisotopic (exact) mass is 344 g/mol. The molecule has 3 nitrogen and oxygen atoms in total. The van der Waals surface area contributed by atoms with Crippen LogP contribution in [0.4, 0.5) is 0 Å². The summed E-state index contributed by atoms with van der Waals surface area (Å²) in [4.78, 5) is 2.22. The van der Waals surface area contributed by atoms with Crippen LogP contribution in [0.1, 0.15) is 36.9 Å². The first-order chi connectivity index (χ1) is 11.6. The largest absolute Gasteiger partial charge is 0.374 e. The minimum atomic E-state index is -0.925. The van der Waals surface area contributed by atoms with E-state index in [4.69, 9.17) is 11.8 Å².